The highest BCUT2D eigenvalue weighted by Crippen LogP contribution is 2.22. The van der Waals surface area contributed by atoms with E-state index in [4.69, 9.17) is 0 Å². The van der Waals surface area contributed by atoms with Crippen LogP contribution in [0.3, 0.4) is 0 Å². The molecule has 98 valence electrons. The molecular formula is C13H12BrN3O2. The number of rotatable bonds is 5. The lowest BCUT2D eigenvalue weighted by Crippen LogP contribution is -2.13. The van der Waals surface area contributed by atoms with E-state index in [1.165, 1.54) is 12.1 Å². The van der Waals surface area contributed by atoms with Gasteiger partial charge in [-0.15, -0.1) is 0 Å². The molecule has 0 bridgehead atoms. The van der Waals surface area contributed by atoms with Crippen LogP contribution in [0.25, 0.3) is 0 Å². The summed E-state index contributed by atoms with van der Waals surface area (Å²) in [6.45, 7) is 1.37. The van der Waals surface area contributed by atoms with E-state index < -0.39 is 4.92 Å². The number of nitrogens with zero attached hydrogens (tertiary/aromatic N) is 2. The number of nitro benzene ring substituents is 1. The molecule has 1 N–H and O–H groups in total. The number of benzene rings is 1. The Labute approximate surface area is 119 Å². The lowest BCUT2D eigenvalue weighted by Gasteiger charge is -2.06. The Morgan fingerprint density at radius 2 is 1.95 bits per heavy atom. The van der Waals surface area contributed by atoms with Crippen molar-refractivity contribution in [1.82, 2.24) is 10.3 Å². The summed E-state index contributed by atoms with van der Waals surface area (Å²) in [6.07, 6.45) is 3.50. The Balaban J connectivity index is 1.95. The van der Waals surface area contributed by atoms with Crippen molar-refractivity contribution in [3.8, 4) is 0 Å². The van der Waals surface area contributed by atoms with Gasteiger partial charge in [0.25, 0.3) is 5.69 Å². The molecule has 0 saturated carbocycles. The van der Waals surface area contributed by atoms with E-state index in [0.29, 0.717) is 6.54 Å². The molecule has 0 spiro atoms. The van der Waals surface area contributed by atoms with Gasteiger partial charge in [0, 0.05) is 42.1 Å². The summed E-state index contributed by atoms with van der Waals surface area (Å²) in [5.41, 5.74) is 2.22. The number of non-ortho nitro benzene ring substituents is 1. The van der Waals surface area contributed by atoms with Gasteiger partial charge in [-0.25, -0.2) is 0 Å². The van der Waals surface area contributed by atoms with Gasteiger partial charge in [0.2, 0.25) is 0 Å². The van der Waals surface area contributed by atoms with Crippen LogP contribution in [-0.2, 0) is 13.1 Å². The maximum atomic E-state index is 10.6. The van der Waals surface area contributed by atoms with Crippen molar-refractivity contribution in [2.24, 2.45) is 0 Å². The van der Waals surface area contributed by atoms with Crippen LogP contribution in [0.4, 0.5) is 5.69 Å². The van der Waals surface area contributed by atoms with E-state index in [9.17, 15) is 10.1 Å². The molecule has 0 aliphatic rings. The molecule has 5 nitrogen and oxygen atoms in total. The van der Waals surface area contributed by atoms with Crippen LogP contribution in [0.1, 0.15) is 11.1 Å². The largest absolute Gasteiger partial charge is 0.309 e. The molecule has 2 rings (SSSR count). The van der Waals surface area contributed by atoms with Gasteiger partial charge < -0.3 is 5.32 Å². The van der Waals surface area contributed by atoms with Gasteiger partial charge in [-0.3, -0.25) is 15.1 Å². The summed E-state index contributed by atoms with van der Waals surface area (Å²) < 4.78 is 0.740. The molecule has 1 aromatic heterocycles. The summed E-state index contributed by atoms with van der Waals surface area (Å²) in [5.74, 6) is 0. The zero-order chi connectivity index (χ0) is 13.7. The highest BCUT2D eigenvalue weighted by Gasteiger charge is 2.08. The van der Waals surface area contributed by atoms with E-state index in [1.807, 2.05) is 12.1 Å². The third-order valence-electron chi connectivity index (χ3n) is 2.64. The van der Waals surface area contributed by atoms with Crippen LogP contribution in [0.15, 0.2) is 47.2 Å². The molecule has 6 heteroatoms. The Kier molecular flexibility index (Phi) is 4.59. The van der Waals surface area contributed by atoms with Crippen molar-refractivity contribution in [1.29, 1.82) is 0 Å². The number of halogens is 1. The van der Waals surface area contributed by atoms with E-state index in [0.717, 1.165) is 22.1 Å². The lowest BCUT2D eigenvalue weighted by molar-refractivity contribution is -0.384. The Hall–Kier alpha value is -1.79. The average molecular weight is 322 g/mol. The maximum Gasteiger partial charge on any atom is 0.270 e. The monoisotopic (exact) mass is 321 g/mol. The Bertz CT molecular complexity index is 575. The molecule has 0 fully saturated rings. The van der Waals surface area contributed by atoms with E-state index in [-0.39, 0.29) is 5.69 Å². The van der Waals surface area contributed by atoms with Crippen LogP contribution in [0, 0.1) is 10.1 Å². The van der Waals surface area contributed by atoms with Gasteiger partial charge in [0.1, 0.15) is 0 Å². The third-order valence-corrected chi connectivity index (χ3v) is 3.38. The standard InChI is InChI=1S/C13H12BrN3O2/c14-13-7-12(17(18)19)2-1-11(13)9-16-8-10-3-5-15-6-4-10/h1-7,16H,8-9H2. The van der Waals surface area contributed by atoms with Gasteiger partial charge in [-0.05, 0) is 29.3 Å². The van der Waals surface area contributed by atoms with Crippen LogP contribution in [-0.4, -0.2) is 9.91 Å². The molecule has 0 atom stereocenters. The van der Waals surface area contributed by atoms with Crippen molar-refractivity contribution in [3.05, 3.63) is 68.4 Å². The highest BCUT2D eigenvalue weighted by atomic mass is 79.9. The Morgan fingerprint density at radius 3 is 2.58 bits per heavy atom. The zero-order valence-corrected chi connectivity index (χ0v) is 11.6. The molecule has 2 aromatic rings. The third kappa shape index (κ3) is 3.84. The summed E-state index contributed by atoms with van der Waals surface area (Å²) in [6, 6.07) is 8.66. The highest BCUT2D eigenvalue weighted by molar-refractivity contribution is 9.10. The normalized spacial score (nSPS) is 10.4. The number of nitrogens with one attached hydrogen (secondary N) is 1. The van der Waals surface area contributed by atoms with Gasteiger partial charge >= 0.3 is 0 Å². The van der Waals surface area contributed by atoms with Crippen LogP contribution in [0.2, 0.25) is 0 Å². The minimum atomic E-state index is -0.404. The first-order chi connectivity index (χ1) is 9.16. The van der Waals surface area contributed by atoms with Gasteiger partial charge in [0.05, 0.1) is 4.92 Å². The summed E-state index contributed by atoms with van der Waals surface area (Å²) >= 11 is 3.35. The number of aromatic nitrogens is 1. The SMILES string of the molecule is O=[N+]([O-])c1ccc(CNCc2ccncc2)c(Br)c1. The van der Waals surface area contributed by atoms with E-state index in [1.54, 1.807) is 18.5 Å². The summed E-state index contributed by atoms with van der Waals surface area (Å²) in [7, 11) is 0. The number of nitro groups is 1. The smallest absolute Gasteiger partial charge is 0.270 e. The topological polar surface area (TPSA) is 68.1 Å². The first-order valence-corrected chi connectivity index (χ1v) is 6.48. The van der Waals surface area contributed by atoms with Crippen molar-refractivity contribution >= 4 is 21.6 Å². The quantitative estimate of drug-likeness (QED) is 0.679. The van der Waals surface area contributed by atoms with E-state index >= 15 is 0 Å². The maximum absolute atomic E-state index is 10.6. The van der Waals surface area contributed by atoms with Gasteiger partial charge in [-0.1, -0.05) is 15.9 Å². The molecule has 0 amide bonds. The minimum absolute atomic E-state index is 0.0877. The van der Waals surface area contributed by atoms with Crippen LogP contribution >= 0.6 is 15.9 Å². The number of pyridine rings is 1. The fourth-order valence-electron chi connectivity index (χ4n) is 1.64. The first kappa shape index (κ1) is 13.6. The van der Waals surface area contributed by atoms with Gasteiger partial charge in [0.15, 0.2) is 0 Å². The predicted molar refractivity (Wildman–Crippen MR) is 75.6 cm³/mol. The second kappa shape index (κ2) is 6.40. The predicted octanol–water partition coefficient (Wildman–Crippen LogP) is 3.04. The molecule has 1 aromatic carbocycles. The van der Waals surface area contributed by atoms with Crippen LogP contribution in [0.5, 0.6) is 0 Å². The summed E-state index contributed by atoms with van der Waals surface area (Å²) in [4.78, 5) is 14.2. The molecule has 0 saturated heterocycles. The van der Waals surface area contributed by atoms with E-state index in [2.05, 4.69) is 26.2 Å². The number of hydrogen-bond donors (Lipinski definition) is 1. The molecule has 0 radical (unpaired) electrons. The van der Waals surface area contributed by atoms with Crippen molar-refractivity contribution in [2.45, 2.75) is 13.1 Å². The lowest BCUT2D eigenvalue weighted by atomic mass is 10.2. The minimum Gasteiger partial charge on any atom is -0.309 e. The molecule has 0 aliphatic carbocycles. The molecule has 19 heavy (non-hydrogen) atoms. The molecule has 0 aliphatic heterocycles. The van der Waals surface area contributed by atoms with Crippen molar-refractivity contribution in [2.75, 3.05) is 0 Å². The van der Waals surface area contributed by atoms with Crippen LogP contribution < -0.4 is 5.32 Å². The zero-order valence-electron chi connectivity index (χ0n) is 10.0. The molecule has 1 heterocycles. The molecular weight excluding hydrogens is 310 g/mol. The summed E-state index contributed by atoms with van der Waals surface area (Å²) in [5, 5.41) is 13.9. The Morgan fingerprint density at radius 1 is 1.21 bits per heavy atom. The second-order valence-electron chi connectivity index (χ2n) is 3.99. The first-order valence-electron chi connectivity index (χ1n) is 5.69. The fourth-order valence-corrected chi connectivity index (χ4v) is 2.14. The second-order valence-corrected chi connectivity index (χ2v) is 4.85. The average Bonchev–Trinajstić information content (AvgIpc) is 2.41. The van der Waals surface area contributed by atoms with Gasteiger partial charge in [-0.2, -0.15) is 0 Å². The van der Waals surface area contributed by atoms with Crippen molar-refractivity contribution in [3.63, 3.8) is 0 Å². The van der Waals surface area contributed by atoms with Crippen molar-refractivity contribution < 1.29 is 4.92 Å². The fraction of sp³-hybridized carbons (Fsp3) is 0.154. The molecule has 0 unspecified atom stereocenters. The number of hydrogen-bond acceptors (Lipinski definition) is 4.